The number of nitrogens with one attached hydrogen (secondary N) is 1. The molecule has 1 N–H and O–H groups in total. The normalized spacial score (nSPS) is 11.7. The van der Waals surface area contributed by atoms with Crippen molar-refractivity contribution in [3.63, 3.8) is 0 Å². The summed E-state index contributed by atoms with van der Waals surface area (Å²) in [7, 11) is 1.31. The number of nitrogens with zero attached hydrogens (tertiary/aromatic N) is 1. The molecule has 1 atom stereocenters. The molecule has 0 spiro atoms. The molecule has 1 heterocycles. The Hall–Kier alpha value is -2.82. The highest BCUT2D eigenvalue weighted by Gasteiger charge is 2.29. The van der Waals surface area contributed by atoms with Crippen LogP contribution in [0.15, 0.2) is 55.8 Å². The fourth-order valence-electron chi connectivity index (χ4n) is 2.59. The lowest BCUT2D eigenvalue weighted by Gasteiger charge is -2.28. The first-order chi connectivity index (χ1) is 11.1. The average molecular weight is 312 g/mol. The number of esters is 1. The molecule has 0 aliphatic carbocycles. The van der Waals surface area contributed by atoms with E-state index >= 15 is 0 Å². The van der Waals surface area contributed by atoms with Gasteiger partial charge in [-0.15, -0.1) is 6.58 Å². The van der Waals surface area contributed by atoms with E-state index in [9.17, 15) is 9.59 Å². The van der Waals surface area contributed by atoms with Crippen LogP contribution < -0.4 is 0 Å². The van der Waals surface area contributed by atoms with Crippen molar-refractivity contribution in [3.8, 4) is 0 Å². The van der Waals surface area contributed by atoms with Gasteiger partial charge in [-0.25, -0.2) is 4.79 Å². The number of rotatable bonds is 7. The Balaban J connectivity index is 2.38. The standard InChI is InChI=1S/C18H20N2O3/c1-4-10-20(17(21)5-2)16(18(22)23-3)11-13-12-19-15-9-7-6-8-14(13)15/h4-9,12,16,19H,1-2,10-11H2,3H3/t16-/m1/s1. The smallest absolute Gasteiger partial charge is 0.328 e. The number of ether oxygens (including phenoxy) is 1. The quantitative estimate of drug-likeness (QED) is 0.485. The lowest BCUT2D eigenvalue weighted by atomic mass is 10.0. The van der Waals surface area contributed by atoms with Crippen LogP contribution in [0.4, 0.5) is 0 Å². The van der Waals surface area contributed by atoms with Crippen molar-refractivity contribution in [1.29, 1.82) is 0 Å². The molecule has 0 aliphatic heterocycles. The molecule has 2 rings (SSSR count). The Morgan fingerprint density at radius 1 is 1.35 bits per heavy atom. The van der Waals surface area contributed by atoms with Gasteiger partial charge in [-0.1, -0.05) is 30.9 Å². The molecule has 0 bridgehead atoms. The second-order valence-electron chi connectivity index (χ2n) is 5.09. The second-order valence-corrected chi connectivity index (χ2v) is 5.09. The molecule has 1 amide bonds. The van der Waals surface area contributed by atoms with Crippen LogP contribution in [-0.2, 0) is 20.7 Å². The fraction of sp³-hybridized carbons (Fsp3) is 0.222. The van der Waals surface area contributed by atoms with Crippen LogP contribution in [0.3, 0.4) is 0 Å². The van der Waals surface area contributed by atoms with Crippen molar-refractivity contribution in [1.82, 2.24) is 9.88 Å². The van der Waals surface area contributed by atoms with Crippen molar-refractivity contribution in [2.75, 3.05) is 13.7 Å². The molecule has 23 heavy (non-hydrogen) atoms. The maximum Gasteiger partial charge on any atom is 0.328 e. The first-order valence-electron chi connectivity index (χ1n) is 7.29. The number of amides is 1. The van der Waals surface area contributed by atoms with Gasteiger partial charge < -0.3 is 14.6 Å². The van der Waals surface area contributed by atoms with Crippen LogP contribution in [0.25, 0.3) is 10.9 Å². The van der Waals surface area contributed by atoms with E-state index in [-0.39, 0.29) is 12.5 Å². The van der Waals surface area contributed by atoms with Crippen LogP contribution in [0, 0.1) is 0 Å². The van der Waals surface area contributed by atoms with E-state index in [0.717, 1.165) is 16.5 Å². The SMILES string of the molecule is C=CCN(C(=O)C=C)[C@H](Cc1c[nH]c2ccccc12)C(=O)OC. The third-order valence-corrected chi connectivity index (χ3v) is 3.72. The van der Waals surface area contributed by atoms with Crippen LogP contribution in [0.1, 0.15) is 5.56 Å². The molecule has 0 fully saturated rings. The lowest BCUT2D eigenvalue weighted by molar-refractivity contribution is -0.150. The predicted octanol–water partition coefficient (Wildman–Crippen LogP) is 2.45. The van der Waals surface area contributed by atoms with Gasteiger partial charge in [0.15, 0.2) is 0 Å². The summed E-state index contributed by atoms with van der Waals surface area (Å²) in [6.07, 6.45) is 4.97. The van der Waals surface area contributed by atoms with E-state index in [1.54, 1.807) is 6.08 Å². The van der Waals surface area contributed by atoms with Gasteiger partial charge in [-0.05, 0) is 17.7 Å². The minimum Gasteiger partial charge on any atom is -0.467 e. The van der Waals surface area contributed by atoms with Gasteiger partial charge >= 0.3 is 5.97 Å². The minimum atomic E-state index is -0.734. The third kappa shape index (κ3) is 3.51. The summed E-state index contributed by atoms with van der Waals surface area (Å²) in [5.41, 5.74) is 1.93. The number of aromatic amines is 1. The van der Waals surface area contributed by atoms with Gasteiger partial charge in [0.25, 0.3) is 0 Å². The number of hydrogen-bond acceptors (Lipinski definition) is 3. The average Bonchev–Trinajstić information content (AvgIpc) is 2.99. The predicted molar refractivity (Wildman–Crippen MR) is 89.9 cm³/mol. The van der Waals surface area contributed by atoms with E-state index < -0.39 is 12.0 Å². The Bertz CT molecular complexity index is 733. The Labute approximate surface area is 135 Å². The van der Waals surface area contributed by atoms with E-state index in [0.29, 0.717) is 6.42 Å². The molecule has 120 valence electrons. The molecule has 1 aromatic heterocycles. The van der Waals surface area contributed by atoms with E-state index in [1.807, 2.05) is 30.5 Å². The first kappa shape index (κ1) is 16.5. The van der Waals surface area contributed by atoms with E-state index in [2.05, 4.69) is 18.1 Å². The Morgan fingerprint density at radius 2 is 2.09 bits per heavy atom. The summed E-state index contributed by atoms with van der Waals surface area (Å²) in [5.74, 6) is -0.799. The summed E-state index contributed by atoms with van der Waals surface area (Å²) < 4.78 is 4.88. The third-order valence-electron chi connectivity index (χ3n) is 3.72. The topological polar surface area (TPSA) is 62.4 Å². The molecule has 2 aromatic rings. The number of fused-ring (bicyclic) bond motifs is 1. The number of para-hydroxylation sites is 1. The lowest BCUT2D eigenvalue weighted by Crippen LogP contribution is -2.46. The fourth-order valence-corrected chi connectivity index (χ4v) is 2.59. The van der Waals surface area contributed by atoms with E-state index in [1.165, 1.54) is 18.1 Å². The second kappa shape index (κ2) is 7.45. The highest BCUT2D eigenvalue weighted by Crippen LogP contribution is 2.21. The largest absolute Gasteiger partial charge is 0.467 e. The van der Waals surface area contributed by atoms with Gasteiger partial charge in [-0.3, -0.25) is 4.79 Å². The van der Waals surface area contributed by atoms with Crippen molar-refractivity contribution < 1.29 is 14.3 Å². The van der Waals surface area contributed by atoms with Crippen LogP contribution in [-0.4, -0.2) is 41.5 Å². The maximum atomic E-state index is 12.2. The summed E-state index contributed by atoms with van der Waals surface area (Å²) in [6, 6.07) is 7.07. The number of hydrogen-bond donors (Lipinski definition) is 1. The Kier molecular flexibility index (Phi) is 5.36. The molecule has 0 saturated heterocycles. The first-order valence-corrected chi connectivity index (χ1v) is 7.29. The number of benzene rings is 1. The molecular formula is C18H20N2O3. The number of methoxy groups -OCH3 is 1. The van der Waals surface area contributed by atoms with Crippen LogP contribution in [0.5, 0.6) is 0 Å². The molecular weight excluding hydrogens is 292 g/mol. The molecule has 0 saturated carbocycles. The molecule has 1 aromatic carbocycles. The number of carbonyl (C=O) groups excluding carboxylic acids is 2. The number of aromatic nitrogens is 1. The number of carbonyl (C=O) groups is 2. The summed E-state index contributed by atoms with van der Waals surface area (Å²) in [5, 5.41) is 1.02. The zero-order valence-electron chi connectivity index (χ0n) is 13.1. The highest BCUT2D eigenvalue weighted by atomic mass is 16.5. The maximum absolute atomic E-state index is 12.2. The van der Waals surface area contributed by atoms with Gasteiger partial charge in [0, 0.05) is 30.1 Å². The Morgan fingerprint density at radius 3 is 2.74 bits per heavy atom. The van der Waals surface area contributed by atoms with E-state index in [4.69, 9.17) is 4.74 Å². The van der Waals surface area contributed by atoms with Gasteiger partial charge in [-0.2, -0.15) is 0 Å². The van der Waals surface area contributed by atoms with Crippen LogP contribution >= 0.6 is 0 Å². The summed E-state index contributed by atoms with van der Waals surface area (Å²) in [4.78, 5) is 28.9. The molecule has 0 radical (unpaired) electrons. The van der Waals surface area contributed by atoms with Crippen molar-refractivity contribution >= 4 is 22.8 Å². The highest BCUT2D eigenvalue weighted by molar-refractivity contribution is 5.92. The number of H-pyrrole nitrogens is 1. The van der Waals surface area contributed by atoms with Gasteiger partial charge in [0.1, 0.15) is 6.04 Å². The molecule has 5 nitrogen and oxygen atoms in total. The summed E-state index contributed by atoms with van der Waals surface area (Å²) >= 11 is 0. The zero-order valence-corrected chi connectivity index (χ0v) is 13.1. The van der Waals surface area contributed by atoms with Crippen molar-refractivity contribution in [2.24, 2.45) is 0 Å². The molecule has 0 aliphatic rings. The minimum absolute atomic E-state index is 0.243. The van der Waals surface area contributed by atoms with Crippen LogP contribution in [0.2, 0.25) is 0 Å². The van der Waals surface area contributed by atoms with Crippen molar-refractivity contribution in [3.05, 3.63) is 61.3 Å². The van der Waals surface area contributed by atoms with Gasteiger partial charge in [0.2, 0.25) is 5.91 Å². The summed E-state index contributed by atoms with van der Waals surface area (Å²) in [6.45, 7) is 7.38. The van der Waals surface area contributed by atoms with Crippen molar-refractivity contribution in [2.45, 2.75) is 12.5 Å². The monoisotopic (exact) mass is 312 g/mol. The zero-order chi connectivity index (χ0) is 16.8. The molecule has 0 unspecified atom stereocenters. The molecule has 5 heteroatoms. The van der Waals surface area contributed by atoms with Gasteiger partial charge in [0.05, 0.1) is 7.11 Å².